The van der Waals surface area contributed by atoms with Crippen molar-refractivity contribution >= 4 is 11.9 Å². The summed E-state index contributed by atoms with van der Waals surface area (Å²) in [5.41, 5.74) is -1.44. The largest absolute Gasteiger partial charge is 0.469 e. The van der Waals surface area contributed by atoms with Crippen LogP contribution in [0.5, 0.6) is 0 Å². The van der Waals surface area contributed by atoms with E-state index in [1.54, 1.807) is 4.90 Å². The molecular weight excluding hydrogens is 290 g/mol. The monoisotopic (exact) mass is 307 g/mol. The van der Waals surface area contributed by atoms with Crippen LogP contribution in [0, 0.1) is 11.3 Å². The van der Waals surface area contributed by atoms with Gasteiger partial charge in [-0.05, 0) is 24.7 Å². The summed E-state index contributed by atoms with van der Waals surface area (Å²) in [5.74, 6) is -0.647. The van der Waals surface area contributed by atoms with Crippen LogP contribution in [0.15, 0.2) is 15.8 Å². The molecule has 3 rings (SSSR count). The molecule has 118 valence electrons. The van der Waals surface area contributed by atoms with Crippen LogP contribution in [0.3, 0.4) is 0 Å². The van der Waals surface area contributed by atoms with Crippen molar-refractivity contribution in [3.8, 4) is 0 Å². The molecule has 8 nitrogen and oxygen atoms in total. The molecule has 1 atom stereocenters. The van der Waals surface area contributed by atoms with E-state index in [0.29, 0.717) is 13.1 Å². The predicted molar refractivity (Wildman–Crippen MR) is 75.4 cm³/mol. The number of hydrogen-bond acceptors (Lipinski definition) is 5. The van der Waals surface area contributed by atoms with E-state index in [4.69, 9.17) is 4.74 Å². The average molecular weight is 307 g/mol. The van der Waals surface area contributed by atoms with Crippen molar-refractivity contribution < 1.29 is 14.3 Å². The van der Waals surface area contributed by atoms with Gasteiger partial charge in [0.1, 0.15) is 5.56 Å². The van der Waals surface area contributed by atoms with Crippen molar-refractivity contribution in [3.63, 3.8) is 0 Å². The minimum Gasteiger partial charge on any atom is -0.469 e. The lowest BCUT2D eigenvalue weighted by Gasteiger charge is -2.32. The smallest absolute Gasteiger partial charge is 0.325 e. The minimum atomic E-state index is -0.687. The third kappa shape index (κ3) is 2.34. The molecule has 2 heterocycles. The van der Waals surface area contributed by atoms with Crippen LogP contribution in [0.25, 0.3) is 0 Å². The Labute approximate surface area is 125 Å². The SMILES string of the molecule is COC(=O)C1CC12CCN(C(=O)c1c[nH]c(=O)[nH]c1=O)CC2. The first kappa shape index (κ1) is 14.6. The maximum Gasteiger partial charge on any atom is 0.325 e. The van der Waals surface area contributed by atoms with Crippen LogP contribution >= 0.6 is 0 Å². The van der Waals surface area contributed by atoms with E-state index in [0.717, 1.165) is 25.5 Å². The molecule has 8 heteroatoms. The molecule has 1 saturated carbocycles. The van der Waals surface area contributed by atoms with Crippen LogP contribution in [0.4, 0.5) is 0 Å². The molecule has 1 spiro atoms. The Bertz CT molecular complexity index is 726. The predicted octanol–water partition coefficient (Wildman–Crippen LogP) is -0.521. The second-order valence-electron chi connectivity index (χ2n) is 5.92. The molecule has 22 heavy (non-hydrogen) atoms. The fourth-order valence-corrected chi connectivity index (χ4v) is 3.27. The number of rotatable bonds is 2. The van der Waals surface area contributed by atoms with Crippen LogP contribution in [0.2, 0.25) is 0 Å². The lowest BCUT2D eigenvalue weighted by Crippen LogP contribution is -2.42. The molecule has 0 radical (unpaired) electrons. The van der Waals surface area contributed by atoms with E-state index in [-0.39, 0.29) is 22.9 Å². The third-order valence-electron chi connectivity index (χ3n) is 4.77. The standard InChI is InChI=1S/C14H17N3O5/c1-22-12(20)9-6-14(9)2-4-17(5-3-14)11(19)8-7-15-13(21)16-10(8)18/h7,9H,2-6H2,1H3,(H2,15,16,18,21). The number of esters is 1. The van der Waals surface area contributed by atoms with E-state index < -0.39 is 17.2 Å². The zero-order valence-electron chi connectivity index (χ0n) is 12.2. The van der Waals surface area contributed by atoms with Crippen LogP contribution in [-0.4, -0.2) is 46.9 Å². The summed E-state index contributed by atoms with van der Waals surface area (Å²) < 4.78 is 4.77. The van der Waals surface area contributed by atoms with Crippen LogP contribution in [-0.2, 0) is 9.53 Å². The number of hydrogen-bond donors (Lipinski definition) is 2. The molecule has 1 saturated heterocycles. The fraction of sp³-hybridized carbons (Fsp3) is 0.571. The molecule has 1 aromatic heterocycles. The molecule has 0 bridgehead atoms. The van der Waals surface area contributed by atoms with E-state index in [9.17, 15) is 19.2 Å². The number of aromatic amines is 2. The van der Waals surface area contributed by atoms with Gasteiger partial charge in [0.15, 0.2) is 0 Å². The van der Waals surface area contributed by atoms with Crippen molar-refractivity contribution in [2.75, 3.05) is 20.2 Å². The van der Waals surface area contributed by atoms with Gasteiger partial charge in [0.25, 0.3) is 11.5 Å². The molecule has 0 aromatic carbocycles. The number of nitrogens with one attached hydrogen (secondary N) is 2. The normalized spacial score (nSPS) is 22.4. The number of piperidine rings is 1. The second kappa shape index (κ2) is 5.11. The van der Waals surface area contributed by atoms with E-state index in [1.807, 2.05) is 4.98 Å². The van der Waals surface area contributed by atoms with Crippen molar-refractivity contribution in [1.29, 1.82) is 0 Å². The average Bonchev–Trinajstić information content (AvgIpc) is 3.20. The maximum absolute atomic E-state index is 12.3. The first-order valence-electron chi connectivity index (χ1n) is 7.16. The number of amides is 1. The maximum atomic E-state index is 12.3. The number of likely N-dealkylation sites (tertiary alicyclic amines) is 1. The number of carbonyl (C=O) groups is 2. The molecule has 2 aliphatic rings. The van der Waals surface area contributed by atoms with Gasteiger partial charge in [0, 0.05) is 19.3 Å². The summed E-state index contributed by atoms with van der Waals surface area (Å²) in [7, 11) is 1.38. The number of nitrogens with zero attached hydrogens (tertiary/aromatic N) is 1. The summed E-state index contributed by atoms with van der Waals surface area (Å²) in [4.78, 5) is 52.5. The van der Waals surface area contributed by atoms with E-state index in [2.05, 4.69) is 4.98 Å². The number of ether oxygens (including phenoxy) is 1. The van der Waals surface area contributed by atoms with Crippen molar-refractivity contribution in [2.45, 2.75) is 19.3 Å². The first-order valence-corrected chi connectivity index (χ1v) is 7.16. The van der Waals surface area contributed by atoms with Crippen molar-refractivity contribution in [2.24, 2.45) is 11.3 Å². The Hall–Kier alpha value is -2.38. The Morgan fingerprint density at radius 2 is 2.00 bits per heavy atom. The Balaban J connectivity index is 1.67. The summed E-state index contributed by atoms with van der Waals surface area (Å²) in [6, 6.07) is 0. The van der Waals surface area contributed by atoms with Gasteiger partial charge in [0.05, 0.1) is 13.0 Å². The number of carbonyl (C=O) groups excluding carboxylic acids is 2. The molecular formula is C14H17N3O5. The number of H-pyrrole nitrogens is 2. The highest BCUT2D eigenvalue weighted by Crippen LogP contribution is 2.59. The Morgan fingerprint density at radius 3 is 2.59 bits per heavy atom. The van der Waals surface area contributed by atoms with Gasteiger partial charge < -0.3 is 14.6 Å². The lowest BCUT2D eigenvalue weighted by atomic mass is 9.90. The third-order valence-corrected chi connectivity index (χ3v) is 4.77. The van der Waals surface area contributed by atoms with Gasteiger partial charge in [-0.15, -0.1) is 0 Å². The summed E-state index contributed by atoms with van der Waals surface area (Å²) >= 11 is 0. The van der Waals surface area contributed by atoms with Gasteiger partial charge in [0.2, 0.25) is 0 Å². The van der Waals surface area contributed by atoms with Gasteiger partial charge in [-0.3, -0.25) is 19.4 Å². The van der Waals surface area contributed by atoms with Gasteiger partial charge in [-0.1, -0.05) is 0 Å². The Morgan fingerprint density at radius 1 is 1.32 bits per heavy atom. The molecule has 2 fully saturated rings. The quantitative estimate of drug-likeness (QED) is 0.714. The molecule has 1 unspecified atom stereocenters. The second-order valence-corrected chi connectivity index (χ2v) is 5.92. The highest BCUT2D eigenvalue weighted by atomic mass is 16.5. The zero-order valence-corrected chi connectivity index (χ0v) is 12.2. The Kier molecular flexibility index (Phi) is 3.38. The van der Waals surface area contributed by atoms with Gasteiger partial charge >= 0.3 is 11.7 Å². The van der Waals surface area contributed by atoms with Gasteiger partial charge in [-0.25, -0.2) is 4.79 Å². The summed E-state index contributed by atoms with van der Waals surface area (Å²) in [5, 5.41) is 0. The topological polar surface area (TPSA) is 112 Å². The van der Waals surface area contributed by atoms with E-state index in [1.165, 1.54) is 7.11 Å². The van der Waals surface area contributed by atoms with Gasteiger partial charge in [-0.2, -0.15) is 0 Å². The number of aromatic nitrogens is 2. The highest BCUT2D eigenvalue weighted by Gasteiger charge is 2.59. The lowest BCUT2D eigenvalue weighted by molar-refractivity contribution is -0.143. The molecule has 1 aromatic rings. The summed E-state index contributed by atoms with van der Waals surface area (Å²) in [6.45, 7) is 0.982. The first-order chi connectivity index (χ1) is 10.5. The molecule has 1 aliphatic carbocycles. The molecule has 1 amide bonds. The van der Waals surface area contributed by atoms with E-state index >= 15 is 0 Å². The highest BCUT2D eigenvalue weighted by molar-refractivity contribution is 5.93. The summed E-state index contributed by atoms with van der Waals surface area (Å²) in [6.07, 6.45) is 3.39. The van der Waals surface area contributed by atoms with Crippen LogP contribution < -0.4 is 11.2 Å². The van der Waals surface area contributed by atoms with Crippen LogP contribution in [0.1, 0.15) is 29.6 Å². The fourth-order valence-electron chi connectivity index (χ4n) is 3.27. The molecule has 2 N–H and O–H groups in total. The number of methoxy groups -OCH3 is 1. The van der Waals surface area contributed by atoms with Crippen molar-refractivity contribution in [1.82, 2.24) is 14.9 Å². The molecule has 1 aliphatic heterocycles. The van der Waals surface area contributed by atoms with Crippen molar-refractivity contribution in [3.05, 3.63) is 32.6 Å². The minimum absolute atomic E-state index is 0.0404. The zero-order chi connectivity index (χ0) is 15.9.